The molecule has 0 saturated carbocycles. The van der Waals surface area contributed by atoms with E-state index in [1.807, 2.05) is 0 Å². The van der Waals surface area contributed by atoms with Crippen LogP contribution in [0.3, 0.4) is 0 Å². The smallest absolute Gasteiger partial charge is 0.294 e. The lowest BCUT2D eigenvalue weighted by Gasteiger charge is -2.14. The Morgan fingerprint density at radius 2 is 1.81 bits per heavy atom. The largest absolute Gasteiger partial charge is 0.493 e. The Bertz CT molecular complexity index is 1420. The van der Waals surface area contributed by atoms with Crippen molar-refractivity contribution in [2.45, 2.75) is 6.61 Å². The number of hydrogen-bond donors (Lipinski definition) is 1. The lowest BCUT2D eigenvalue weighted by molar-refractivity contribution is -0.127. The number of imide groups is 1. The second-order valence-electron chi connectivity index (χ2n) is 7.78. The molecule has 11 heteroatoms. The summed E-state index contributed by atoms with van der Waals surface area (Å²) in [6.45, 7) is -0.487. The third-order valence-corrected chi connectivity index (χ3v) is 6.29. The zero-order valence-corrected chi connectivity index (χ0v) is 20.9. The summed E-state index contributed by atoms with van der Waals surface area (Å²) < 4.78 is 37.9. The summed E-state index contributed by atoms with van der Waals surface area (Å²) >= 11 is 7.06. The molecule has 7 nitrogen and oxygen atoms in total. The summed E-state index contributed by atoms with van der Waals surface area (Å²) in [5.74, 6) is -1.75. The number of thioether (sulfide) groups is 1. The summed E-state index contributed by atoms with van der Waals surface area (Å²) in [5.41, 5.74) is 1.25. The Labute approximate surface area is 220 Å². The van der Waals surface area contributed by atoms with E-state index in [0.717, 1.165) is 11.0 Å². The van der Waals surface area contributed by atoms with Crippen molar-refractivity contribution in [2.75, 3.05) is 19.0 Å². The molecule has 0 radical (unpaired) electrons. The highest BCUT2D eigenvalue weighted by molar-refractivity contribution is 8.18. The lowest BCUT2D eigenvalue weighted by atomic mass is 10.1. The van der Waals surface area contributed by atoms with Crippen LogP contribution in [0.5, 0.6) is 11.5 Å². The third kappa shape index (κ3) is 6.46. The quantitative estimate of drug-likeness (QED) is 0.356. The second kappa shape index (κ2) is 11.4. The van der Waals surface area contributed by atoms with Gasteiger partial charge in [-0.15, -0.1) is 0 Å². The summed E-state index contributed by atoms with van der Waals surface area (Å²) in [6, 6.07) is 14.3. The molecule has 0 atom stereocenters. The van der Waals surface area contributed by atoms with Gasteiger partial charge in [0.1, 0.15) is 24.8 Å². The zero-order valence-electron chi connectivity index (χ0n) is 19.3. The Hall–Kier alpha value is -3.89. The highest BCUT2D eigenvalue weighted by Gasteiger charge is 2.36. The van der Waals surface area contributed by atoms with Crippen LogP contribution >= 0.6 is 23.4 Å². The van der Waals surface area contributed by atoms with Crippen LogP contribution in [0.2, 0.25) is 5.02 Å². The van der Waals surface area contributed by atoms with Crippen LogP contribution in [0, 0.1) is 11.6 Å². The van der Waals surface area contributed by atoms with E-state index >= 15 is 0 Å². The number of nitrogens with zero attached hydrogens (tertiary/aromatic N) is 1. The molecular formula is C26H19ClF2N2O5S. The Morgan fingerprint density at radius 3 is 2.51 bits per heavy atom. The fraction of sp³-hybridized carbons (Fsp3) is 0.115. The summed E-state index contributed by atoms with van der Waals surface area (Å²) in [7, 11) is 1.41. The number of carbonyl (C=O) groups is 3. The van der Waals surface area contributed by atoms with Crippen molar-refractivity contribution < 1.29 is 32.6 Å². The number of carbonyl (C=O) groups excluding carboxylic acids is 3. The normalized spacial score (nSPS) is 14.3. The van der Waals surface area contributed by atoms with E-state index in [9.17, 15) is 23.2 Å². The molecular weight excluding hydrogens is 526 g/mol. The molecule has 0 aromatic heterocycles. The molecule has 4 rings (SSSR count). The maximum atomic E-state index is 13.4. The minimum Gasteiger partial charge on any atom is -0.493 e. The minimum absolute atomic E-state index is 0.0454. The van der Waals surface area contributed by atoms with Gasteiger partial charge in [0.2, 0.25) is 5.91 Å². The molecule has 1 aliphatic heterocycles. The van der Waals surface area contributed by atoms with Crippen molar-refractivity contribution in [1.82, 2.24) is 4.90 Å². The minimum atomic E-state index is -0.661. The molecule has 1 aliphatic rings. The molecule has 1 fully saturated rings. The number of nitrogens with one attached hydrogen (secondary N) is 1. The predicted octanol–water partition coefficient (Wildman–Crippen LogP) is 5.88. The third-order valence-electron chi connectivity index (χ3n) is 5.11. The molecule has 0 bridgehead atoms. The number of hydrogen-bond acceptors (Lipinski definition) is 6. The molecule has 1 saturated heterocycles. The van der Waals surface area contributed by atoms with Crippen molar-refractivity contribution in [3.8, 4) is 11.5 Å². The predicted molar refractivity (Wildman–Crippen MR) is 136 cm³/mol. The number of ether oxygens (including phenoxy) is 2. The number of halogens is 3. The fourth-order valence-electron chi connectivity index (χ4n) is 3.44. The molecule has 0 aliphatic carbocycles. The van der Waals surface area contributed by atoms with Gasteiger partial charge in [0, 0.05) is 5.69 Å². The maximum absolute atomic E-state index is 13.4. The van der Waals surface area contributed by atoms with Crippen LogP contribution in [-0.4, -0.2) is 35.6 Å². The highest BCUT2D eigenvalue weighted by atomic mass is 35.5. The van der Waals surface area contributed by atoms with E-state index in [2.05, 4.69) is 5.32 Å². The number of benzene rings is 3. The van der Waals surface area contributed by atoms with Gasteiger partial charge in [-0.25, -0.2) is 8.78 Å². The average molecular weight is 545 g/mol. The fourth-order valence-corrected chi connectivity index (χ4v) is 4.56. The molecule has 3 amide bonds. The van der Waals surface area contributed by atoms with Crippen LogP contribution in [-0.2, 0) is 16.2 Å². The van der Waals surface area contributed by atoms with Crippen LogP contribution in [0.15, 0.2) is 65.6 Å². The van der Waals surface area contributed by atoms with Gasteiger partial charge in [0.05, 0.1) is 17.0 Å². The average Bonchev–Trinajstić information content (AvgIpc) is 3.10. The first-order valence-electron chi connectivity index (χ1n) is 10.8. The maximum Gasteiger partial charge on any atom is 0.294 e. The van der Waals surface area contributed by atoms with Crippen LogP contribution < -0.4 is 14.8 Å². The van der Waals surface area contributed by atoms with E-state index < -0.39 is 35.2 Å². The van der Waals surface area contributed by atoms with Crippen LogP contribution in [0.4, 0.5) is 19.3 Å². The molecule has 0 unspecified atom stereocenters. The number of amides is 3. The number of anilines is 1. The first-order valence-corrected chi connectivity index (χ1v) is 12.0. The lowest BCUT2D eigenvalue weighted by Crippen LogP contribution is -2.36. The van der Waals surface area contributed by atoms with Crippen molar-refractivity contribution in [2.24, 2.45) is 0 Å². The SMILES string of the molecule is COc1cc(/C=C2/SC(=O)N(CC(=O)Nc3cccc(F)c3)C2=O)cc(Cl)c1OCc1cccc(F)c1. The number of rotatable bonds is 8. The van der Waals surface area contributed by atoms with Gasteiger partial charge in [0.15, 0.2) is 11.5 Å². The monoisotopic (exact) mass is 544 g/mol. The van der Waals surface area contributed by atoms with Gasteiger partial charge in [-0.3, -0.25) is 19.3 Å². The molecule has 37 heavy (non-hydrogen) atoms. The number of methoxy groups -OCH3 is 1. The van der Waals surface area contributed by atoms with E-state index in [-0.39, 0.29) is 33.7 Å². The van der Waals surface area contributed by atoms with E-state index in [1.54, 1.807) is 18.2 Å². The summed E-state index contributed by atoms with van der Waals surface area (Å²) in [6.07, 6.45) is 1.44. The topological polar surface area (TPSA) is 84.9 Å². The Morgan fingerprint density at radius 1 is 1.08 bits per heavy atom. The molecule has 0 spiro atoms. The standard InChI is InChI=1S/C26H19ClF2N2O5S/c1-35-21-10-16(9-20(27)24(21)36-14-15-4-2-5-17(28)8-15)11-22-25(33)31(26(34)37-22)13-23(32)30-19-7-3-6-18(29)12-19/h2-12H,13-14H2,1H3,(H,30,32)/b22-11+. The summed E-state index contributed by atoms with van der Waals surface area (Å²) in [4.78, 5) is 38.4. The Kier molecular flexibility index (Phi) is 8.10. The van der Waals surface area contributed by atoms with Crippen molar-refractivity contribution in [3.63, 3.8) is 0 Å². The molecule has 3 aromatic rings. The highest BCUT2D eigenvalue weighted by Crippen LogP contribution is 2.39. The van der Waals surface area contributed by atoms with Crippen molar-refractivity contribution in [3.05, 3.63) is 93.4 Å². The molecule has 190 valence electrons. The van der Waals surface area contributed by atoms with E-state index in [4.69, 9.17) is 21.1 Å². The first kappa shape index (κ1) is 26.2. The van der Waals surface area contributed by atoms with E-state index in [0.29, 0.717) is 22.9 Å². The van der Waals surface area contributed by atoms with Crippen molar-refractivity contribution in [1.29, 1.82) is 0 Å². The Balaban J connectivity index is 1.47. The van der Waals surface area contributed by atoms with E-state index in [1.165, 1.54) is 49.6 Å². The van der Waals surface area contributed by atoms with Gasteiger partial charge in [-0.1, -0.05) is 29.8 Å². The van der Waals surface area contributed by atoms with Crippen LogP contribution in [0.25, 0.3) is 6.08 Å². The molecule has 1 N–H and O–H groups in total. The second-order valence-corrected chi connectivity index (χ2v) is 9.18. The molecule has 1 heterocycles. The zero-order chi connectivity index (χ0) is 26.5. The van der Waals surface area contributed by atoms with Gasteiger partial charge < -0.3 is 14.8 Å². The van der Waals surface area contributed by atoms with Crippen molar-refractivity contribution >= 4 is 52.2 Å². The molecule has 3 aromatic carbocycles. The van der Waals surface area contributed by atoms with Gasteiger partial charge in [-0.2, -0.15) is 0 Å². The van der Waals surface area contributed by atoms with Gasteiger partial charge in [-0.05, 0) is 71.4 Å². The van der Waals surface area contributed by atoms with Crippen LogP contribution in [0.1, 0.15) is 11.1 Å². The summed E-state index contributed by atoms with van der Waals surface area (Å²) in [5, 5.41) is 2.00. The van der Waals surface area contributed by atoms with Gasteiger partial charge >= 0.3 is 0 Å². The first-order chi connectivity index (χ1) is 17.7. The van der Waals surface area contributed by atoms with Gasteiger partial charge in [0.25, 0.3) is 11.1 Å².